The van der Waals surface area contributed by atoms with Gasteiger partial charge in [-0.3, -0.25) is 0 Å². The molecule has 0 saturated carbocycles. The first-order valence-corrected chi connectivity index (χ1v) is 14.4. The predicted molar refractivity (Wildman–Crippen MR) is 59.9 cm³/mol. The normalized spacial score (nSPS) is 11.0. The van der Waals surface area contributed by atoms with Gasteiger partial charge >= 0.3 is 146 Å². The van der Waals surface area contributed by atoms with Crippen molar-refractivity contribution >= 4 is 0 Å². The molecule has 0 spiro atoms. The van der Waals surface area contributed by atoms with Crippen molar-refractivity contribution in [1.82, 2.24) is 0 Å². The van der Waals surface area contributed by atoms with E-state index in [0.717, 1.165) is 0 Å². The maximum atomic E-state index is 13.5. The van der Waals surface area contributed by atoms with Crippen molar-refractivity contribution in [2.45, 2.75) is 7.86 Å². The van der Waals surface area contributed by atoms with E-state index < -0.39 is 102 Å². The van der Waals surface area contributed by atoms with E-state index in [4.69, 9.17) is 0 Å². The molecule has 0 unspecified atom stereocenters. The predicted octanol–water partition coefficient (Wildman–Crippen LogP) is 4.86. The van der Waals surface area contributed by atoms with Crippen LogP contribution in [0.5, 0.6) is 0 Å². The topological polar surface area (TPSA) is 0 Å². The molecular formula is C14H4F10Hg. The Labute approximate surface area is 145 Å². The summed E-state index contributed by atoms with van der Waals surface area (Å²) >= 11 is -2.86. The summed E-state index contributed by atoms with van der Waals surface area (Å²) < 4.78 is 130. The van der Waals surface area contributed by atoms with E-state index in [1.54, 1.807) is 0 Å². The van der Waals surface area contributed by atoms with Crippen molar-refractivity contribution < 1.29 is 68.5 Å². The fraction of sp³-hybridized carbons (Fsp3) is 0.143. The van der Waals surface area contributed by atoms with Gasteiger partial charge in [0.15, 0.2) is 0 Å². The zero-order chi connectivity index (χ0) is 19.0. The summed E-state index contributed by atoms with van der Waals surface area (Å²) in [6.07, 6.45) is 0. The van der Waals surface area contributed by atoms with Gasteiger partial charge in [0.2, 0.25) is 0 Å². The van der Waals surface area contributed by atoms with Gasteiger partial charge in [-0.05, 0) is 0 Å². The minimum atomic E-state index is -2.86. The molecule has 0 aromatic heterocycles. The molecule has 0 atom stereocenters. The van der Waals surface area contributed by atoms with E-state index >= 15 is 0 Å². The van der Waals surface area contributed by atoms with Gasteiger partial charge in [-0.15, -0.1) is 0 Å². The van der Waals surface area contributed by atoms with Crippen LogP contribution in [-0.2, 0) is 32.4 Å². The minimum absolute atomic E-state index is 0.661. The van der Waals surface area contributed by atoms with Gasteiger partial charge in [0.1, 0.15) is 0 Å². The molecule has 0 N–H and O–H groups in total. The molecule has 2 aromatic rings. The molecule has 0 heterocycles. The van der Waals surface area contributed by atoms with Gasteiger partial charge in [-0.1, -0.05) is 0 Å². The third-order valence-corrected chi connectivity index (χ3v) is 10.1. The Morgan fingerprint density at radius 3 is 0.800 bits per heavy atom. The van der Waals surface area contributed by atoms with Crippen molar-refractivity contribution in [3.05, 3.63) is 69.3 Å². The Hall–Kier alpha value is -1.32. The molecule has 132 valence electrons. The van der Waals surface area contributed by atoms with E-state index in [9.17, 15) is 43.9 Å². The summed E-state index contributed by atoms with van der Waals surface area (Å²) in [5, 5.41) is 0. The molecule has 0 bridgehead atoms. The second-order valence-corrected chi connectivity index (χ2v) is 11.6. The van der Waals surface area contributed by atoms with Gasteiger partial charge < -0.3 is 0 Å². The molecule has 0 radical (unpaired) electrons. The SMILES string of the molecule is Fc1c(F)c(F)c([CH2][Hg][CH2]c2c(F)c(F)c(F)c(F)c2F)c(F)c1F. The Balaban J connectivity index is 2.29. The zero-order valence-electron chi connectivity index (χ0n) is 11.9. The second kappa shape index (κ2) is 7.51. The first-order chi connectivity index (χ1) is 11.6. The summed E-state index contributed by atoms with van der Waals surface area (Å²) in [7, 11) is 0. The van der Waals surface area contributed by atoms with Crippen LogP contribution >= 0.6 is 0 Å². The van der Waals surface area contributed by atoms with Gasteiger partial charge in [0.25, 0.3) is 0 Å². The molecule has 2 rings (SSSR count). The van der Waals surface area contributed by atoms with Crippen molar-refractivity contribution in [2.75, 3.05) is 0 Å². The van der Waals surface area contributed by atoms with E-state index in [1.165, 1.54) is 0 Å². The van der Waals surface area contributed by atoms with Crippen LogP contribution in [0, 0.1) is 58.2 Å². The molecular weight excluding hydrogens is 559 g/mol. The van der Waals surface area contributed by atoms with Gasteiger partial charge in [0, 0.05) is 0 Å². The van der Waals surface area contributed by atoms with Crippen molar-refractivity contribution in [3.8, 4) is 0 Å². The molecule has 25 heavy (non-hydrogen) atoms. The first-order valence-electron chi connectivity index (χ1n) is 6.60. The molecule has 0 amide bonds. The maximum absolute atomic E-state index is 13.5. The zero-order valence-corrected chi connectivity index (χ0v) is 17.4. The summed E-state index contributed by atoms with van der Waals surface area (Å²) in [6.45, 7) is 0. The third-order valence-electron chi connectivity index (χ3n) is 3.45. The fourth-order valence-corrected chi connectivity index (χ4v) is 9.03. The van der Waals surface area contributed by atoms with Crippen LogP contribution < -0.4 is 0 Å². The number of rotatable bonds is 4. The summed E-state index contributed by atoms with van der Waals surface area (Å²) in [6, 6.07) is 0. The van der Waals surface area contributed by atoms with Crippen LogP contribution in [0.25, 0.3) is 0 Å². The second-order valence-electron chi connectivity index (χ2n) is 4.95. The molecule has 0 aliphatic heterocycles. The van der Waals surface area contributed by atoms with Crippen LogP contribution in [-0.4, -0.2) is 0 Å². The number of hydrogen-bond acceptors (Lipinski definition) is 0. The molecule has 0 aliphatic rings. The van der Waals surface area contributed by atoms with E-state index in [2.05, 4.69) is 0 Å². The Morgan fingerprint density at radius 1 is 0.360 bits per heavy atom. The monoisotopic (exact) mass is 564 g/mol. The average Bonchev–Trinajstić information content (AvgIpc) is 2.60. The fourth-order valence-electron chi connectivity index (χ4n) is 2.18. The summed E-state index contributed by atoms with van der Waals surface area (Å²) in [5.41, 5.74) is -2.30. The Morgan fingerprint density at radius 2 is 0.560 bits per heavy atom. The van der Waals surface area contributed by atoms with Crippen LogP contribution in [0.2, 0.25) is 0 Å². The van der Waals surface area contributed by atoms with Crippen molar-refractivity contribution in [2.24, 2.45) is 0 Å². The quantitative estimate of drug-likeness (QED) is 0.216. The Bertz CT molecular complexity index is 721. The average molecular weight is 563 g/mol. The molecule has 2 aromatic carbocycles. The van der Waals surface area contributed by atoms with E-state index in [-0.39, 0.29) is 0 Å². The molecule has 0 saturated heterocycles. The first kappa shape index (κ1) is 20.0. The standard InChI is InChI=1S/2C7H2F5.Hg/c2*1-2-3(8)5(10)7(12)6(11)4(2)9;/h2*1H2;. The van der Waals surface area contributed by atoms with Crippen LogP contribution in [0.4, 0.5) is 43.9 Å². The van der Waals surface area contributed by atoms with Crippen LogP contribution in [0.15, 0.2) is 0 Å². The summed E-state index contributed by atoms with van der Waals surface area (Å²) in [4.78, 5) is 0. The summed E-state index contributed by atoms with van der Waals surface area (Å²) in [5.74, 6) is -21.7. The van der Waals surface area contributed by atoms with E-state index in [1.807, 2.05) is 0 Å². The van der Waals surface area contributed by atoms with Gasteiger partial charge in [-0.2, -0.15) is 0 Å². The number of halogens is 10. The molecule has 0 nitrogen and oxygen atoms in total. The van der Waals surface area contributed by atoms with Crippen LogP contribution in [0.1, 0.15) is 11.1 Å². The third kappa shape index (κ3) is 3.49. The van der Waals surface area contributed by atoms with Gasteiger partial charge in [0.05, 0.1) is 0 Å². The number of benzene rings is 2. The Kier molecular flexibility index (Phi) is 6.00. The molecule has 0 aliphatic carbocycles. The van der Waals surface area contributed by atoms with Crippen LogP contribution in [0.3, 0.4) is 0 Å². The molecule has 0 fully saturated rings. The van der Waals surface area contributed by atoms with Crippen molar-refractivity contribution in [3.63, 3.8) is 0 Å². The number of hydrogen-bond donors (Lipinski definition) is 0. The molecule has 11 heteroatoms. The van der Waals surface area contributed by atoms with Crippen molar-refractivity contribution in [1.29, 1.82) is 0 Å². The van der Waals surface area contributed by atoms with E-state index in [0.29, 0.717) is 0 Å². The van der Waals surface area contributed by atoms with Gasteiger partial charge in [-0.25, -0.2) is 0 Å².